The molecule has 0 radical (unpaired) electrons. The van der Waals surface area contributed by atoms with Gasteiger partial charge in [0.1, 0.15) is 11.4 Å². The van der Waals surface area contributed by atoms with E-state index in [1.54, 1.807) is 0 Å². The van der Waals surface area contributed by atoms with Crippen LogP contribution in [0.1, 0.15) is 68.7 Å². The summed E-state index contributed by atoms with van der Waals surface area (Å²) in [6.07, 6.45) is 4.13. The zero-order valence-corrected chi connectivity index (χ0v) is 26.3. The lowest BCUT2D eigenvalue weighted by atomic mass is 10.1. The van der Waals surface area contributed by atoms with Gasteiger partial charge in [-0.3, -0.25) is 9.97 Å². The fourth-order valence-corrected chi connectivity index (χ4v) is 6.75. The van der Waals surface area contributed by atoms with Crippen molar-refractivity contribution in [2.75, 3.05) is 17.8 Å². The molecule has 246 valence electrons. The molecule has 0 N–H and O–H groups in total. The molecule has 0 aromatic carbocycles. The summed E-state index contributed by atoms with van der Waals surface area (Å²) in [5, 5.41) is 17.6. The zero-order valence-electron chi connectivity index (χ0n) is 23.1. The maximum Gasteiger partial charge on any atom is 0.433 e. The minimum atomic E-state index is -4.50. The van der Waals surface area contributed by atoms with E-state index in [2.05, 4.69) is 34.6 Å². The highest BCUT2D eigenvalue weighted by atomic mass is 79.9. The minimum Gasteiger partial charge on any atom is -0.251 e. The predicted molar refractivity (Wildman–Crippen MR) is 162 cm³/mol. The summed E-state index contributed by atoms with van der Waals surface area (Å²) in [7, 11) is -5.58. The van der Waals surface area contributed by atoms with Gasteiger partial charge in [-0.25, -0.2) is 8.42 Å². The first kappa shape index (κ1) is 39.3. The van der Waals surface area contributed by atoms with Crippen molar-refractivity contribution >= 4 is 35.4 Å². The maximum absolute atomic E-state index is 12.5. The Labute approximate surface area is 264 Å². The van der Waals surface area contributed by atoms with E-state index in [0.29, 0.717) is 23.5 Å². The quantitative estimate of drug-likeness (QED) is 0.160. The molecular formula is C27H35BrF6N6O2S2. The van der Waals surface area contributed by atoms with Crippen molar-refractivity contribution in [3.05, 3.63) is 59.2 Å². The van der Waals surface area contributed by atoms with E-state index < -0.39 is 48.4 Å². The molecule has 2 aliphatic carbocycles. The summed E-state index contributed by atoms with van der Waals surface area (Å²) in [6.45, 7) is 0. The number of pyridine rings is 2. The average Bonchev–Trinajstić information content (AvgIpc) is 3.82. The Morgan fingerprint density at radius 1 is 0.909 bits per heavy atom. The van der Waals surface area contributed by atoms with E-state index >= 15 is 0 Å². The van der Waals surface area contributed by atoms with Crippen molar-refractivity contribution in [1.29, 1.82) is 10.5 Å². The lowest BCUT2D eigenvalue weighted by Crippen LogP contribution is -2.14. The SMILES string of the molecule is BrCC1CC1.C.CS(=O)(=NC#N)C(CC1CC1)c1ccc(C(F)(F)F)nc1.CS(=O)(Cc1ccc(C(F)(F)F)nc1)=NC#N.[2HH]. The molecule has 0 bridgehead atoms. The third-order valence-electron chi connectivity index (χ3n) is 6.14. The standard InChI is InChI=1S/C13H14F3N3OS.C9H8F3N3OS.C4H7Br.CH4.H2/c1-21(20,19-8-17)11(6-9-2-3-9)10-4-5-12(18-7-10)13(14,15)16;1-17(16,15-6-13)5-7-2-3-8(14-4-7)9(10,11)12;5-3-4-1-2-4;;/h4-5,7,9,11H,2-3,6H2,1H3;2-4H,5H2,1H3;4H,1-3H2;1H4;1H/i;;;;1+1. The lowest BCUT2D eigenvalue weighted by Gasteiger charge is -2.18. The molecule has 0 aliphatic heterocycles. The zero-order chi connectivity index (χ0) is 32.5. The molecule has 0 amide bonds. The number of nitrogens with zero attached hydrogens (tertiary/aromatic N) is 6. The van der Waals surface area contributed by atoms with Crippen molar-refractivity contribution in [3.63, 3.8) is 0 Å². The van der Waals surface area contributed by atoms with Gasteiger partial charge in [-0.05, 0) is 54.4 Å². The Bertz CT molecular complexity index is 1550. The van der Waals surface area contributed by atoms with Crippen LogP contribution in [0, 0.1) is 34.7 Å². The number of aromatic nitrogens is 2. The van der Waals surface area contributed by atoms with E-state index in [1.807, 2.05) is 0 Å². The molecular weight excluding hydrogens is 698 g/mol. The van der Waals surface area contributed by atoms with Crippen LogP contribution < -0.4 is 0 Å². The Morgan fingerprint density at radius 2 is 1.41 bits per heavy atom. The predicted octanol–water partition coefficient (Wildman–Crippen LogP) is 8.37. The smallest absolute Gasteiger partial charge is 0.251 e. The maximum atomic E-state index is 12.5. The van der Waals surface area contributed by atoms with Crippen molar-refractivity contribution in [2.24, 2.45) is 20.6 Å². The normalized spacial score (nSPS) is 17.6. The van der Waals surface area contributed by atoms with Gasteiger partial charge >= 0.3 is 12.4 Å². The van der Waals surface area contributed by atoms with E-state index in [-0.39, 0.29) is 14.6 Å². The van der Waals surface area contributed by atoms with Crippen LogP contribution in [0.3, 0.4) is 0 Å². The molecule has 2 aliphatic rings. The summed E-state index contributed by atoms with van der Waals surface area (Å²) in [5.41, 5.74) is -1.23. The van der Waals surface area contributed by atoms with E-state index in [0.717, 1.165) is 43.3 Å². The Hall–Kier alpha value is -2.76. The molecule has 17 heteroatoms. The van der Waals surface area contributed by atoms with Crippen LogP contribution in [0.15, 0.2) is 45.4 Å². The van der Waals surface area contributed by atoms with Gasteiger partial charge in [-0.15, -0.1) is 8.73 Å². The summed E-state index contributed by atoms with van der Waals surface area (Å²) in [4.78, 5) is 6.62. The van der Waals surface area contributed by atoms with Crippen LogP contribution in [-0.4, -0.2) is 36.2 Å². The van der Waals surface area contributed by atoms with Gasteiger partial charge in [-0.1, -0.05) is 48.3 Å². The van der Waals surface area contributed by atoms with E-state index in [9.17, 15) is 34.8 Å². The molecule has 2 aromatic heterocycles. The van der Waals surface area contributed by atoms with E-state index in [4.69, 9.17) is 10.5 Å². The first-order valence-electron chi connectivity index (χ1n) is 12.7. The van der Waals surface area contributed by atoms with Crippen LogP contribution in [0.25, 0.3) is 0 Å². The third kappa shape index (κ3) is 13.9. The van der Waals surface area contributed by atoms with Crippen molar-refractivity contribution < 1.29 is 36.2 Å². The minimum absolute atomic E-state index is 0. The number of alkyl halides is 7. The Morgan fingerprint density at radius 3 is 1.75 bits per heavy atom. The van der Waals surface area contributed by atoms with Gasteiger partial charge in [-0.2, -0.15) is 36.9 Å². The van der Waals surface area contributed by atoms with Crippen LogP contribution in [-0.2, 0) is 37.6 Å². The molecule has 2 aromatic rings. The van der Waals surface area contributed by atoms with Crippen LogP contribution in [0.5, 0.6) is 0 Å². The monoisotopic (exact) mass is 733 g/mol. The Kier molecular flexibility index (Phi) is 14.7. The molecule has 0 saturated heterocycles. The molecule has 2 heterocycles. The van der Waals surface area contributed by atoms with E-state index in [1.165, 1.54) is 55.2 Å². The van der Waals surface area contributed by atoms with Crippen LogP contribution in [0.2, 0.25) is 0 Å². The number of halogens is 7. The number of hydrogen-bond donors (Lipinski definition) is 0. The summed E-state index contributed by atoms with van der Waals surface area (Å²) >= 11 is 3.38. The molecule has 0 spiro atoms. The second kappa shape index (κ2) is 16.5. The fraction of sp³-hybridized carbons (Fsp3) is 0.556. The molecule has 3 atom stereocenters. The first-order valence-corrected chi connectivity index (χ1v) is 17.9. The molecule has 8 nitrogen and oxygen atoms in total. The number of rotatable bonds is 7. The molecule has 4 rings (SSSR count). The largest absolute Gasteiger partial charge is 0.433 e. The summed E-state index contributed by atoms with van der Waals surface area (Å²) in [5.74, 6) is 1.34. The van der Waals surface area contributed by atoms with Crippen molar-refractivity contribution in [2.45, 2.75) is 62.9 Å². The summed E-state index contributed by atoms with van der Waals surface area (Å²) in [6, 6.07) is 4.12. The highest BCUT2D eigenvalue weighted by Gasteiger charge is 2.35. The van der Waals surface area contributed by atoms with Gasteiger partial charge in [0, 0.05) is 31.7 Å². The first-order chi connectivity index (χ1) is 19.9. The number of nitriles is 2. The third-order valence-corrected chi connectivity index (χ3v) is 10.4. The lowest BCUT2D eigenvalue weighted by molar-refractivity contribution is -0.142. The molecule has 2 fully saturated rings. The fourth-order valence-electron chi connectivity index (χ4n) is 3.51. The Balaban J connectivity index is 0.000000725. The van der Waals surface area contributed by atoms with Gasteiger partial charge in [0.05, 0.1) is 30.5 Å². The highest BCUT2D eigenvalue weighted by molar-refractivity contribution is 9.09. The van der Waals surface area contributed by atoms with Gasteiger partial charge in [0.15, 0.2) is 0 Å². The number of hydrogen-bond acceptors (Lipinski definition) is 8. The average molecular weight is 735 g/mol. The van der Waals surface area contributed by atoms with Gasteiger partial charge < -0.3 is 0 Å². The topological polar surface area (TPSA) is 132 Å². The highest BCUT2D eigenvalue weighted by Crippen LogP contribution is 2.41. The van der Waals surface area contributed by atoms with Crippen molar-refractivity contribution in [3.8, 4) is 12.4 Å². The van der Waals surface area contributed by atoms with Gasteiger partial charge in [0.25, 0.3) is 0 Å². The second-order valence-electron chi connectivity index (χ2n) is 10.1. The molecule has 2 saturated carbocycles. The molecule has 44 heavy (non-hydrogen) atoms. The summed E-state index contributed by atoms with van der Waals surface area (Å²) < 4.78 is 105. The van der Waals surface area contributed by atoms with Gasteiger partial charge in [0.2, 0.25) is 12.4 Å². The van der Waals surface area contributed by atoms with Crippen LogP contribution >= 0.6 is 15.9 Å². The van der Waals surface area contributed by atoms with Crippen molar-refractivity contribution in [1.82, 2.24) is 9.97 Å². The molecule has 3 unspecified atom stereocenters. The second-order valence-corrected chi connectivity index (χ2v) is 15.6. The van der Waals surface area contributed by atoms with Crippen LogP contribution in [0.4, 0.5) is 26.3 Å².